The number of oxime groups is 1. The van der Waals surface area contributed by atoms with Gasteiger partial charge in [-0.1, -0.05) is 77.0 Å². The molecule has 1 aromatic carbocycles. The molecule has 0 unspecified atom stereocenters. The van der Waals surface area contributed by atoms with Gasteiger partial charge in [0.15, 0.2) is 29.0 Å². The lowest BCUT2D eigenvalue weighted by atomic mass is 9.99. The van der Waals surface area contributed by atoms with Gasteiger partial charge < -0.3 is 27.9 Å². The highest BCUT2D eigenvalue weighted by molar-refractivity contribution is 6.74. The van der Waals surface area contributed by atoms with Crippen molar-refractivity contribution in [3.05, 3.63) is 35.9 Å². The lowest BCUT2D eigenvalue weighted by Crippen LogP contribution is -2.65. The molecule has 2 aliphatic heterocycles. The third-order valence-electron chi connectivity index (χ3n) is 8.72. The number of carbonyl (C=O) groups is 1. The first kappa shape index (κ1) is 32.0. The van der Waals surface area contributed by atoms with Crippen LogP contribution >= 0.6 is 0 Å². The van der Waals surface area contributed by atoms with Gasteiger partial charge in [0.05, 0.1) is 11.8 Å². The van der Waals surface area contributed by atoms with Gasteiger partial charge in [-0.15, -0.1) is 0 Å². The van der Waals surface area contributed by atoms with Gasteiger partial charge in [-0.05, 0) is 48.8 Å². The highest BCUT2D eigenvalue weighted by atomic mass is 28.4. The summed E-state index contributed by atoms with van der Waals surface area (Å²) in [5.74, 6) is -0.490. The van der Waals surface area contributed by atoms with Gasteiger partial charge >= 0.3 is 5.97 Å². The summed E-state index contributed by atoms with van der Waals surface area (Å²) < 4.78 is 32.2. The number of hydrogen-bond acceptors (Lipinski definition) is 8. The average Bonchev–Trinajstić information content (AvgIpc) is 3.32. The SMILES string of the molecule is CO[C@H]1O[C@H](C)[C@@H](OC(=O)[C@H]2CC(c3ccccc3)=NO2)[C@H](O[Si](C)(C)C(C)(C)C)[C@H]1O[Si](C)(C)C(C)(C)C. The Morgan fingerprint density at radius 1 is 0.897 bits per heavy atom. The van der Waals surface area contributed by atoms with Crippen LogP contribution in [0.5, 0.6) is 0 Å². The third kappa shape index (κ3) is 7.20. The molecule has 0 amide bonds. The minimum absolute atomic E-state index is 0.0507. The maximum atomic E-state index is 13.5. The Morgan fingerprint density at radius 3 is 1.95 bits per heavy atom. The molecular weight excluding hydrogens is 530 g/mol. The number of benzene rings is 1. The molecule has 0 aromatic heterocycles. The molecular formula is C29H49NO7Si2. The van der Waals surface area contributed by atoms with E-state index in [9.17, 15) is 4.79 Å². The van der Waals surface area contributed by atoms with E-state index in [1.807, 2.05) is 37.3 Å². The number of methoxy groups -OCH3 is 1. The summed E-state index contributed by atoms with van der Waals surface area (Å²) >= 11 is 0. The highest BCUT2D eigenvalue weighted by Gasteiger charge is 2.55. The first-order valence-corrected chi connectivity index (χ1v) is 19.7. The molecule has 0 saturated carbocycles. The predicted octanol–water partition coefficient (Wildman–Crippen LogP) is 6.26. The Labute approximate surface area is 237 Å². The monoisotopic (exact) mass is 579 g/mol. The van der Waals surface area contributed by atoms with Crippen LogP contribution in [-0.4, -0.2) is 72.2 Å². The largest absolute Gasteiger partial charge is 0.454 e. The van der Waals surface area contributed by atoms with Crippen molar-refractivity contribution in [2.45, 2.75) is 128 Å². The smallest absolute Gasteiger partial charge is 0.351 e. The van der Waals surface area contributed by atoms with Crippen molar-refractivity contribution in [1.29, 1.82) is 0 Å². The van der Waals surface area contributed by atoms with E-state index in [-0.39, 0.29) is 10.1 Å². The molecule has 2 aliphatic rings. The standard InChI is InChI=1S/C29H49NO7Si2/c1-19-23(34-26(31)22-18-21(30-35-22)20-16-14-13-15-17-20)24(36-38(9,10)28(2,3)4)25(27(32-8)33-19)37-39(11,12)29(5,6)7/h13-17,19,22-25,27H,18H2,1-12H3/t19-,22-,23-,24+,25-,27+/m1/s1. The van der Waals surface area contributed by atoms with Crippen LogP contribution in [0.1, 0.15) is 60.5 Å². The molecule has 3 rings (SSSR count). The predicted molar refractivity (Wildman–Crippen MR) is 158 cm³/mol. The topological polar surface area (TPSA) is 84.8 Å². The van der Waals surface area contributed by atoms with E-state index in [4.69, 9.17) is 27.9 Å². The second-order valence-corrected chi connectivity index (χ2v) is 23.2. The van der Waals surface area contributed by atoms with Crippen molar-refractivity contribution in [3.63, 3.8) is 0 Å². The van der Waals surface area contributed by atoms with Gasteiger partial charge in [0, 0.05) is 13.5 Å². The molecule has 0 radical (unpaired) electrons. The average molecular weight is 580 g/mol. The van der Waals surface area contributed by atoms with Crippen molar-refractivity contribution in [2.75, 3.05) is 7.11 Å². The zero-order valence-electron chi connectivity index (χ0n) is 25.9. The lowest BCUT2D eigenvalue weighted by molar-refractivity contribution is -0.284. The molecule has 1 aromatic rings. The van der Waals surface area contributed by atoms with Crippen molar-refractivity contribution < 1.29 is 32.7 Å². The van der Waals surface area contributed by atoms with E-state index in [2.05, 4.69) is 72.9 Å². The van der Waals surface area contributed by atoms with Crippen LogP contribution in [0.4, 0.5) is 0 Å². The van der Waals surface area contributed by atoms with Crippen LogP contribution in [0.2, 0.25) is 36.3 Å². The Morgan fingerprint density at radius 2 is 1.44 bits per heavy atom. The minimum Gasteiger partial charge on any atom is -0.454 e. The van der Waals surface area contributed by atoms with E-state index in [0.717, 1.165) is 11.3 Å². The zero-order chi connectivity index (χ0) is 29.4. The number of ether oxygens (including phenoxy) is 3. The van der Waals surface area contributed by atoms with Crippen molar-refractivity contribution >= 4 is 28.3 Å². The molecule has 0 spiro atoms. The van der Waals surface area contributed by atoms with Crippen LogP contribution in [0.25, 0.3) is 0 Å². The molecule has 0 aliphatic carbocycles. The second-order valence-electron chi connectivity index (χ2n) is 13.7. The van der Waals surface area contributed by atoms with Crippen LogP contribution < -0.4 is 0 Å². The maximum absolute atomic E-state index is 13.5. The number of nitrogens with zero attached hydrogens (tertiary/aromatic N) is 1. The van der Waals surface area contributed by atoms with Gasteiger partial charge in [0.25, 0.3) is 0 Å². The molecule has 2 heterocycles. The van der Waals surface area contributed by atoms with E-state index < -0.39 is 59.4 Å². The van der Waals surface area contributed by atoms with Gasteiger partial charge in [0.2, 0.25) is 6.10 Å². The van der Waals surface area contributed by atoms with Crippen LogP contribution in [-0.2, 0) is 32.7 Å². The molecule has 220 valence electrons. The lowest BCUT2D eigenvalue weighted by Gasteiger charge is -2.51. The quantitative estimate of drug-likeness (QED) is 0.265. The fourth-order valence-corrected chi connectivity index (χ4v) is 6.71. The Bertz CT molecular complexity index is 1020. The summed E-state index contributed by atoms with van der Waals surface area (Å²) in [5, 5.41) is 4.05. The van der Waals surface area contributed by atoms with Crippen LogP contribution in [0.3, 0.4) is 0 Å². The normalized spacial score (nSPS) is 28.6. The summed E-state index contributed by atoms with van der Waals surface area (Å²) in [5.41, 5.74) is 1.64. The number of carbonyl (C=O) groups excluding carboxylic acids is 1. The summed E-state index contributed by atoms with van der Waals surface area (Å²) in [4.78, 5) is 19.0. The molecule has 1 saturated heterocycles. The fraction of sp³-hybridized carbons (Fsp3) is 0.724. The Balaban J connectivity index is 1.90. The van der Waals surface area contributed by atoms with E-state index in [1.54, 1.807) is 7.11 Å². The van der Waals surface area contributed by atoms with E-state index in [0.29, 0.717) is 6.42 Å². The van der Waals surface area contributed by atoms with Crippen molar-refractivity contribution in [1.82, 2.24) is 0 Å². The first-order valence-electron chi connectivity index (χ1n) is 13.9. The third-order valence-corrected chi connectivity index (χ3v) is 17.7. The summed E-state index contributed by atoms with van der Waals surface area (Å²) in [6, 6.07) is 9.70. The van der Waals surface area contributed by atoms with Crippen molar-refractivity contribution in [3.8, 4) is 0 Å². The second kappa shape index (κ2) is 11.7. The van der Waals surface area contributed by atoms with E-state index in [1.165, 1.54) is 0 Å². The van der Waals surface area contributed by atoms with Gasteiger partial charge in [-0.3, -0.25) is 0 Å². The Kier molecular flexibility index (Phi) is 9.62. The van der Waals surface area contributed by atoms with E-state index >= 15 is 0 Å². The zero-order valence-corrected chi connectivity index (χ0v) is 27.9. The summed E-state index contributed by atoms with van der Waals surface area (Å²) in [6.45, 7) is 23.8. The Hall–Kier alpha value is -1.57. The molecule has 0 N–H and O–H groups in total. The van der Waals surface area contributed by atoms with Gasteiger partial charge in [-0.25, -0.2) is 4.79 Å². The summed E-state index contributed by atoms with van der Waals surface area (Å²) in [7, 11) is -3.00. The summed E-state index contributed by atoms with van der Waals surface area (Å²) in [6.07, 6.45) is -3.49. The van der Waals surface area contributed by atoms with Gasteiger partial charge in [-0.2, -0.15) is 0 Å². The molecule has 0 bridgehead atoms. The molecule has 8 nitrogen and oxygen atoms in total. The van der Waals surface area contributed by atoms with Crippen LogP contribution in [0, 0.1) is 0 Å². The minimum atomic E-state index is -2.33. The molecule has 39 heavy (non-hydrogen) atoms. The fourth-order valence-electron chi connectivity index (χ4n) is 4.13. The van der Waals surface area contributed by atoms with Crippen LogP contribution in [0.15, 0.2) is 35.5 Å². The first-order chi connectivity index (χ1) is 17.9. The number of esters is 1. The molecule has 10 heteroatoms. The molecule has 1 fully saturated rings. The highest BCUT2D eigenvalue weighted by Crippen LogP contribution is 2.43. The number of hydrogen-bond donors (Lipinski definition) is 0. The van der Waals surface area contributed by atoms with Gasteiger partial charge in [0.1, 0.15) is 12.2 Å². The van der Waals surface area contributed by atoms with Crippen molar-refractivity contribution in [2.24, 2.45) is 5.16 Å². The number of rotatable bonds is 8. The molecule has 6 atom stereocenters. The maximum Gasteiger partial charge on any atom is 0.351 e.